The molecule has 0 spiro atoms. The third-order valence-corrected chi connectivity index (χ3v) is 6.09. The lowest BCUT2D eigenvalue weighted by molar-refractivity contribution is -0.136. The van der Waals surface area contributed by atoms with Gasteiger partial charge in [-0.1, -0.05) is 19.3 Å². The zero-order valence-corrected chi connectivity index (χ0v) is 16.4. The van der Waals surface area contributed by atoms with E-state index in [-0.39, 0.29) is 30.3 Å². The van der Waals surface area contributed by atoms with Crippen molar-refractivity contribution in [3.63, 3.8) is 0 Å². The van der Waals surface area contributed by atoms with Crippen LogP contribution in [0.4, 0.5) is 10.1 Å². The lowest BCUT2D eigenvalue weighted by Crippen LogP contribution is -2.52. The van der Waals surface area contributed by atoms with Crippen molar-refractivity contribution < 1.29 is 18.8 Å². The summed E-state index contributed by atoms with van der Waals surface area (Å²) in [6.45, 7) is 1.59. The molecule has 2 heterocycles. The van der Waals surface area contributed by atoms with Gasteiger partial charge in [-0.3, -0.25) is 19.7 Å². The molecule has 156 valence electrons. The van der Waals surface area contributed by atoms with Gasteiger partial charge in [0.2, 0.25) is 11.8 Å². The minimum Gasteiger partial charge on any atom is -0.381 e. The standard InChI is InChI=1S/C21H27FN4O3/c22-16-11-15-13(10-17(16)24-9-8-23-14-4-2-1-3-5-14)12-26(21(15)29)18-6-7-19(27)25-20(18)28/h10-11,14,18,23-24H,1-9,12H2,(H,25,27,28). The Morgan fingerprint density at radius 3 is 2.62 bits per heavy atom. The molecule has 1 saturated carbocycles. The number of hydrogen-bond acceptors (Lipinski definition) is 5. The number of nitrogens with zero attached hydrogens (tertiary/aromatic N) is 1. The molecule has 0 aromatic heterocycles. The highest BCUT2D eigenvalue weighted by molar-refractivity contribution is 6.05. The Morgan fingerprint density at radius 2 is 1.86 bits per heavy atom. The summed E-state index contributed by atoms with van der Waals surface area (Å²) in [5.41, 5.74) is 1.36. The Hall–Kier alpha value is -2.48. The van der Waals surface area contributed by atoms with Crippen molar-refractivity contribution in [1.82, 2.24) is 15.5 Å². The molecule has 8 heteroatoms. The molecule has 1 aromatic rings. The number of anilines is 1. The van der Waals surface area contributed by atoms with Gasteiger partial charge < -0.3 is 15.5 Å². The number of imide groups is 1. The largest absolute Gasteiger partial charge is 0.381 e. The molecule has 0 bridgehead atoms. The topological polar surface area (TPSA) is 90.5 Å². The smallest absolute Gasteiger partial charge is 0.255 e. The molecule has 1 aromatic carbocycles. The first-order valence-electron chi connectivity index (χ1n) is 10.5. The Bertz CT molecular complexity index is 822. The van der Waals surface area contributed by atoms with Crippen molar-refractivity contribution in [2.24, 2.45) is 0 Å². The van der Waals surface area contributed by atoms with E-state index in [4.69, 9.17) is 0 Å². The SMILES string of the molecule is O=C1CCC(N2Cc3cc(NCCNC4CCCCC4)c(F)cc3C2=O)C(=O)N1. The van der Waals surface area contributed by atoms with Crippen molar-refractivity contribution in [3.05, 3.63) is 29.1 Å². The van der Waals surface area contributed by atoms with Gasteiger partial charge in [-0.25, -0.2) is 4.39 Å². The predicted octanol–water partition coefficient (Wildman–Crippen LogP) is 1.92. The van der Waals surface area contributed by atoms with Crippen molar-refractivity contribution in [2.75, 3.05) is 18.4 Å². The summed E-state index contributed by atoms with van der Waals surface area (Å²) in [6, 6.07) is 2.78. The summed E-state index contributed by atoms with van der Waals surface area (Å²) < 4.78 is 14.5. The van der Waals surface area contributed by atoms with Gasteiger partial charge in [-0.2, -0.15) is 0 Å². The number of hydrogen-bond donors (Lipinski definition) is 3. The Labute approximate surface area is 169 Å². The molecule has 0 radical (unpaired) electrons. The molecule has 7 nitrogen and oxygen atoms in total. The van der Waals surface area contributed by atoms with Crippen LogP contribution in [0.2, 0.25) is 0 Å². The zero-order valence-electron chi connectivity index (χ0n) is 16.4. The Morgan fingerprint density at radius 1 is 1.07 bits per heavy atom. The third-order valence-electron chi connectivity index (χ3n) is 6.09. The Balaban J connectivity index is 1.37. The van der Waals surface area contributed by atoms with Crippen LogP contribution in [-0.2, 0) is 16.1 Å². The van der Waals surface area contributed by atoms with Gasteiger partial charge in [0.25, 0.3) is 5.91 Å². The van der Waals surface area contributed by atoms with Crippen LogP contribution >= 0.6 is 0 Å². The Kier molecular flexibility index (Phi) is 5.80. The lowest BCUT2D eigenvalue weighted by atomic mass is 9.95. The summed E-state index contributed by atoms with van der Waals surface area (Å²) in [6.07, 6.45) is 6.74. The van der Waals surface area contributed by atoms with Gasteiger partial charge in [-0.15, -0.1) is 0 Å². The number of amides is 3. The molecule has 2 aliphatic heterocycles. The van der Waals surface area contributed by atoms with Crippen LogP contribution in [0.25, 0.3) is 0 Å². The van der Waals surface area contributed by atoms with E-state index < -0.39 is 17.8 Å². The molecular weight excluding hydrogens is 375 g/mol. The molecule has 29 heavy (non-hydrogen) atoms. The maximum atomic E-state index is 14.5. The van der Waals surface area contributed by atoms with E-state index in [1.54, 1.807) is 6.07 Å². The molecule has 3 amide bonds. The van der Waals surface area contributed by atoms with Crippen LogP contribution in [-0.4, -0.2) is 47.8 Å². The van der Waals surface area contributed by atoms with E-state index in [1.807, 2.05) is 0 Å². The second kappa shape index (κ2) is 8.49. The number of rotatable bonds is 6. The molecule has 3 N–H and O–H groups in total. The number of piperidine rings is 1. The average Bonchev–Trinajstić information content (AvgIpc) is 3.01. The third kappa shape index (κ3) is 4.27. The van der Waals surface area contributed by atoms with E-state index in [2.05, 4.69) is 16.0 Å². The highest BCUT2D eigenvalue weighted by Gasteiger charge is 2.39. The summed E-state index contributed by atoms with van der Waals surface area (Å²) in [5, 5.41) is 8.90. The van der Waals surface area contributed by atoms with Gasteiger partial charge in [-0.05, 0) is 37.0 Å². The van der Waals surface area contributed by atoms with Crippen LogP contribution < -0.4 is 16.0 Å². The molecule has 4 rings (SSSR count). The molecule has 2 fully saturated rings. The number of benzene rings is 1. The van der Waals surface area contributed by atoms with Gasteiger partial charge in [0.1, 0.15) is 11.9 Å². The minimum atomic E-state index is -0.688. The maximum absolute atomic E-state index is 14.5. The number of carbonyl (C=O) groups excluding carboxylic acids is 3. The van der Waals surface area contributed by atoms with E-state index in [1.165, 1.54) is 43.1 Å². The minimum absolute atomic E-state index is 0.200. The molecule has 1 unspecified atom stereocenters. The van der Waals surface area contributed by atoms with E-state index in [0.29, 0.717) is 30.3 Å². The van der Waals surface area contributed by atoms with Crippen molar-refractivity contribution >= 4 is 23.4 Å². The summed E-state index contributed by atoms with van der Waals surface area (Å²) in [4.78, 5) is 37.6. The first kappa shape index (κ1) is 19.8. The number of fused-ring (bicyclic) bond motifs is 1. The normalized spacial score (nSPS) is 22.6. The quantitative estimate of drug-likeness (QED) is 0.500. The monoisotopic (exact) mass is 402 g/mol. The van der Waals surface area contributed by atoms with E-state index in [9.17, 15) is 18.8 Å². The second-order valence-corrected chi connectivity index (χ2v) is 8.10. The van der Waals surface area contributed by atoms with Crippen molar-refractivity contribution in [3.8, 4) is 0 Å². The first-order chi connectivity index (χ1) is 14.0. The number of nitrogens with one attached hydrogen (secondary N) is 3. The van der Waals surface area contributed by atoms with E-state index >= 15 is 0 Å². The van der Waals surface area contributed by atoms with Crippen molar-refractivity contribution in [1.29, 1.82) is 0 Å². The lowest BCUT2D eigenvalue weighted by Gasteiger charge is -2.29. The van der Waals surface area contributed by atoms with Crippen molar-refractivity contribution in [2.45, 2.75) is 63.6 Å². The second-order valence-electron chi connectivity index (χ2n) is 8.10. The first-order valence-corrected chi connectivity index (χ1v) is 10.5. The predicted molar refractivity (Wildman–Crippen MR) is 106 cm³/mol. The maximum Gasteiger partial charge on any atom is 0.255 e. The van der Waals surface area contributed by atoms with Gasteiger partial charge in [0.15, 0.2) is 0 Å². The molecule has 1 saturated heterocycles. The average molecular weight is 402 g/mol. The fourth-order valence-corrected chi connectivity index (χ4v) is 4.50. The highest BCUT2D eigenvalue weighted by atomic mass is 19.1. The number of carbonyl (C=O) groups is 3. The highest BCUT2D eigenvalue weighted by Crippen LogP contribution is 2.31. The van der Waals surface area contributed by atoms with Crippen LogP contribution in [0.3, 0.4) is 0 Å². The summed E-state index contributed by atoms with van der Waals surface area (Å²) in [5.74, 6) is -1.62. The fraction of sp³-hybridized carbons (Fsp3) is 0.571. The molecule has 1 aliphatic carbocycles. The van der Waals surface area contributed by atoms with Crippen LogP contribution in [0.1, 0.15) is 60.9 Å². The van der Waals surface area contributed by atoms with Crippen LogP contribution in [0, 0.1) is 5.82 Å². The van der Waals surface area contributed by atoms with Gasteiger partial charge >= 0.3 is 0 Å². The zero-order chi connectivity index (χ0) is 20.4. The molecule has 3 aliphatic rings. The van der Waals surface area contributed by atoms with Crippen LogP contribution in [0.15, 0.2) is 12.1 Å². The fourth-order valence-electron chi connectivity index (χ4n) is 4.50. The summed E-state index contributed by atoms with van der Waals surface area (Å²) >= 11 is 0. The molecular formula is C21H27FN4O3. The van der Waals surface area contributed by atoms with Gasteiger partial charge in [0.05, 0.1) is 5.69 Å². The molecule has 1 atom stereocenters. The van der Waals surface area contributed by atoms with Gasteiger partial charge in [0, 0.05) is 37.7 Å². The van der Waals surface area contributed by atoms with Crippen LogP contribution in [0.5, 0.6) is 0 Å². The number of halogens is 1. The summed E-state index contributed by atoms with van der Waals surface area (Å²) in [7, 11) is 0. The van der Waals surface area contributed by atoms with E-state index in [0.717, 1.165) is 6.54 Å².